The van der Waals surface area contributed by atoms with Crippen molar-refractivity contribution in [2.45, 2.75) is 0 Å². The second-order valence-electron chi connectivity index (χ2n) is 4.79. The van der Waals surface area contributed by atoms with E-state index < -0.39 is 11.9 Å². The second-order valence-corrected chi connectivity index (χ2v) is 4.79. The van der Waals surface area contributed by atoms with E-state index >= 15 is 0 Å². The second kappa shape index (κ2) is 8.05. The van der Waals surface area contributed by atoms with E-state index in [0.717, 1.165) is 0 Å². The van der Waals surface area contributed by atoms with Crippen LogP contribution in [0.25, 0.3) is 0 Å². The van der Waals surface area contributed by atoms with Crippen molar-refractivity contribution in [3.8, 4) is 23.0 Å². The number of para-hydroxylation sites is 1. The first-order valence-corrected chi connectivity index (χ1v) is 7.25. The molecule has 0 aromatic heterocycles. The Balaban J connectivity index is 2.38. The smallest absolute Gasteiger partial charge is 0.343 e. The van der Waals surface area contributed by atoms with Gasteiger partial charge >= 0.3 is 11.9 Å². The van der Waals surface area contributed by atoms with Crippen molar-refractivity contribution in [3.05, 3.63) is 47.5 Å². The van der Waals surface area contributed by atoms with Crippen LogP contribution >= 0.6 is 0 Å². The van der Waals surface area contributed by atoms with Crippen molar-refractivity contribution in [2.75, 3.05) is 28.4 Å². The Morgan fingerprint density at radius 3 is 1.88 bits per heavy atom. The highest BCUT2D eigenvalue weighted by Crippen LogP contribution is 2.38. The summed E-state index contributed by atoms with van der Waals surface area (Å²) in [5.74, 6) is -0.210. The summed E-state index contributed by atoms with van der Waals surface area (Å²) >= 11 is 0. The molecular weight excluding hydrogens is 328 g/mol. The Bertz CT molecular complexity index is 758. The fourth-order valence-electron chi connectivity index (χ4n) is 2.19. The Labute approximate surface area is 145 Å². The molecule has 2 rings (SSSR count). The number of hydrogen-bond donors (Lipinski definition) is 0. The van der Waals surface area contributed by atoms with E-state index in [4.69, 9.17) is 18.9 Å². The predicted molar refractivity (Wildman–Crippen MR) is 88.8 cm³/mol. The van der Waals surface area contributed by atoms with Crippen LogP contribution in [0, 0.1) is 0 Å². The van der Waals surface area contributed by atoms with Gasteiger partial charge in [0.2, 0.25) is 5.75 Å². The van der Waals surface area contributed by atoms with Gasteiger partial charge in [-0.05, 0) is 24.3 Å². The van der Waals surface area contributed by atoms with E-state index in [2.05, 4.69) is 4.74 Å². The molecule has 2 aromatic rings. The van der Waals surface area contributed by atoms with Gasteiger partial charge in [0.25, 0.3) is 0 Å². The molecule has 7 heteroatoms. The van der Waals surface area contributed by atoms with Crippen LogP contribution in [0.4, 0.5) is 0 Å². The lowest BCUT2D eigenvalue weighted by atomic mass is 10.1. The normalized spacial score (nSPS) is 9.92. The van der Waals surface area contributed by atoms with E-state index in [-0.39, 0.29) is 16.9 Å². The van der Waals surface area contributed by atoms with E-state index in [0.29, 0.717) is 17.2 Å². The number of carbonyl (C=O) groups is 2. The average Bonchev–Trinajstić information content (AvgIpc) is 2.66. The fraction of sp³-hybridized carbons (Fsp3) is 0.222. The summed E-state index contributed by atoms with van der Waals surface area (Å²) in [5.41, 5.74) is 0.319. The van der Waals surface area contributed by atoms with Crippen molar-refractivity contribution in [1.29, 1.82) is 0 Å². The zero-order valence-corrected chi connectivity index (χ0v) is 14.3. The molecule has 0 N–H and O–H groups in total. The van der Waals surface area contributed by atoms with Crippen LogP contribution in [0.5, 0.6) is 23.0 Å². The summed E-state index contributed by atoms with van der Waals surface area (Å²) in [6.07, 6.45) is 0. The van der Waals surface area contributed by atoms with Crippen LogP contribution < -0.4 is 18.9 Å². The van der Waals surface area contributed by atoms with Crippen LogP contribution in [-0.4, -0.2) is 40.4 Å². The highest BCUT2D eigenvalue weighted by Gasteiger charge is 2.20. The first-order chi connectivity index (χ1) is 12.0. The highest BCUT2D eigenvalue weighted by atomic mass is 16.5. The van der Waals surface area contributed by atoms with Crippen molar-refractivity contribution in [1.82, 2.24) is 0 Å². The minimum Gasteiger partial charge on any atom is -0.493 e. The lowest BCUT2D eigenvalue weighted by Gasteiger charge is -2.14. The molecule has 0 heterocycles. The average molecular weight is 346 g/mol. The summed E-state index contributed by atoms with van der Waals surface area (Å²) in [6, 6.07) is 9.22. The minimum absolute atomic E-state index is 0.0908. The summed E-state index contributed by atoms with van der Waals surface area (Å²) < 4.78 is 25.7. The third kappa shape index (κ3) is 3.82. The fourth-order valence-corrected chi connectivity index (χ4v) is 2.19. The number of esters is 2. The molecular formula is C18H18O7. The molecule has 0 aliphatic heterocycles. The number of carbonyl (C=O) groups excluding carboxylic acids is 2. The molecule has 0 spiro atoms. The molecule has 132 valence electrons. The molecule has 0 saturated heterocycles. The van der Waals surface area contributed by atoms with Gasteiger partial charge in [-0.15, -0.1) is 0 Å². The standard InChI is InChI=1S/C18H18O7/c1-21-14-9-11(10-15(22-2)16(14)23-3)17(19)25-13-8-6-5-7-12(13)18(20)24-4/h5-10H,1-4H3. The van der Waals surface area contributed by atoms with Crippen LogP contribution in [-0.2, 0) is 4.74 Å². The summed E-state index contributed by atoms with van der Waals surface area (Å²) in [7, 11) is 5.60. The van der Waals surface area contributed by atoms with Gasteiger partial charge in [-0.2, -0.15) is 0 Å². The number of ether oxygens (including phenoxy) is 5. The predicted octanol–water partition coefficient (Wildman–Crippen LogP) is 2.72. The summed E-state index contributed by atoms with van der Waals surface area (Å²) in [4.78, 5) is 24.3. The number of hydrogen-bond acceptors (Lipinski definition) is 7. The van der Waals surface area contributed by atoms with Gasteiger partial charge in [0.05, 0.1) is 34.0 Å². The molecule has 0 unspecified atom stereocenters. The van der Waals surface area contributed by atoms with Gasteiger partial charge in [0, 0.05) is 0 Å². The maximum atomic E-state index is 12.5. The third-order valence-electron chi connectivity index (χ3n) is 3.40. The Morgan fingerprint density at radius 1 is 0.760 bits per heavy atom. The highest BCUT2D eigenvalue weighted by molar-refractivity contribution is 5.96. The largest absolute Gasteiger partial charge is 0.493 e. The van der Waals surface area contributed by atoms with Gasteiger partial charge in [-0.25, -0.2) is 9.59 Å². The SMILES string of the molecule is COC(=O)c1ccccc1OC(=O)c1cc(OC)c(OC)c(OC)c1. The molecule has 0 saturated carbocycles. The zero-order chi connectivity index (χ0) is 18.4. The Morgan fingerprint density at radius 2 is 1.36 bits per heavy atom. The molecule has 0 atom stereocenters. The van der Waals surface area contributed by atoms with Crippen molar-refractivity contribution < 1.29 is 33.3 Å². The van der Waals surface area contributed by atoms with E-state index in [1.165, 1.54) is 52.7 Å². The van der Waals surface area contributed by atoms with Gasteiger partial charge < -0.3 is 23.7 Å². The molecule has 7 nitrogen and oxygen atoms in total. The van der Waals surface area contributed by atoms with Crippen LogP contribution in [0.1, 0.15) is 20.7 Å². The molecule has 0 fully saturated rings. The molecule has 0 amide bonds. The van der Waals surface area contributed by atoms with Crippen molar-refractivity contribution >= 4 is 11.9 Å². The molecule has 25 heavy (non-hydrogen) atoms. The monoisotopic (exact) mass is 346 g/mol. The van der Waals surface area contributed by atoms with Crippen LogP contribution in [0.3, 0.4) is 0 Å². The molecule has 0 radical (unpaired) electrons. The van der Waals surface area contributed by atoms with Gasteiger partial charge in [0.1, 0.15) is 11.3 Å². The topological polar surface area (TPSA) is 80.3 Å². The minimum atomic E-state index is -0.685. The number of methoxy groups -OCH3 is 4. The zero-order valence-electron chi connectivity index (χ0n) is 14.3. The number of rotatable bonds is 6. The van der Waals surface area contributed by atoms with Crippen molar-refractivity contribution in [3.63, 3.8) is 0 Å². The molecule has 0 aliphatic rings. The maximum absolute atomic E-state index is 12.5. The van der Waals surface area contributed by atoms with E-state index in [9.17, 15) is 9.59 Å². The van der Waals surface area contributed by atoms with Crippen LogP contribution in [0.2, 0.25) is 0 Å². The Hall–Kier alpha value is -3.22. The quantitative estimate of drug-likeness (QED) is 0.587. The maximum Gasteiger partial charge on any atom is 0.343 e. The number of benzene rings is 2. The molecule has 0 bridgehead atoms. The lowest BCUT2D eigenvalue weighted by molar-refractivity contribution is 0.0593. The van der Waals surface area contributed by atoms with E-state index in [1.54, 1.807) is 12.1 Å². The molecule has 0 aliphatic carbocycles. The summed E-state index contributed by atoms with van der Waals surface area (Å²) in [6.45, 7) is 0. The summed E-state index contributed by atoms with van der Waals surface area (Å²) in [5, 5.41) is 0. The van der Waals surface area contributed by atoms with Gasteiger partial charge in [0.15, 0.2) is 11.5 Å². The Kier molecular flexibility index (Phi) is 5.84. The van der Waals surface area contributed by atoms with Crippen LogP contribution in [0.15, 0.2) is 36.4 Å². The van der Waals surface area contributed by atoms with Crippen molar-refractivity contribution in [2.24, 2.45) is 0 Å². The molecule has 2 aromatic carbocycles. The van der Waals surface area contributed by atoms with Gasteiger partial charge in [-0.1, -0.05) is 12.1 Å². The third-order valence-corrected chi connectivity index (χ3v) is 3.40. The first-order valence-electron chi connectivity index (χ1n) is 7.25. The van der Waals surface area contributed by atoms with E-state index in [1.807, 2.05) is 0 Å². The lowest BCUT2D eigenvalue weighted by Crippen LogP contribution is -2.13. The first kappa shape index (κ1) is 18.1. The van der Waals surface area contributed by atoms with Gasteiger partial charge in [-0.3, -0.25) is 0 Å².